The number of rotatable bonds is 4. The summed E-state index contributed by atoms with van der Waals surface area (Å²) in [6.07, 6.45) is 0.817. The fourth-order valence-corrected chi connectivity index (χ4v) is 2.49. The molecule has 3 aromatic rings. The minimum absolute atomic E-state index is 0.330. The standard InChI is InChI=1S/C20H17N3O2/c1-14-7-6-8-16(11-14)19-18(20(24)25-15(2)12-21)13-23(22-19)17-9-4-3-5-10-17/h3-11,13,15H,1-2H3/t15-/m0/s1. The van der Waals surface area contributed by atoms with E-state index in [4.69, 9.17) is 10.00 Å². The Labute approximate surface area is 146 Å². The molecule has 0 radical (unpaired) electrons. The van der Waals surface area contributed by atoms with Gasteiger partial charge in [0.05, 0.1) is 5.69 Å². The van der Waals surface area contributed by atoms with Gasteiger partial charge in [-0.15, -0.1) is 0 Å². The summed E-state index contributed by atoms with van der Waals surface area (Å²) in [5.41, 5.74) is 3.59. The zero-order chi connectivity index (χ0) is 17.8. The van der Waals surface area contributed by atoms with E-state index >= 15 is 0 Å². The molecule has 0 aliphatic carbocycles. The van der Waals surface area contributed by atoms with E-state index in [2.05, 4.69) is 5.10 Å². The molecule has 2 aromatic carbocycles. The van der Waals surface area contributed by atoms with E-state index in [1.807, 2.05) is 67.6 Å². The lowest BCUT2D eigenvalue weighted by molar-refractivity contribution is 0.0436. The van der Waals surface area contributed by atoms with Gasteiger partial charge in [0.2, 0.25) is 0 Å². The van der Waals surface area contributed by atoms with Gasteiger partial charge in [-0.2, -0.15) is 10.4 Å². The van der Waals surface area contributed by atoms with Crippen LogP contribution in [0.1, 0.15) is 22.8 Å². The molecule has 3 rings (SSSR count). The van der Waals surface area contributed by atoms with Crippen LogP contribution in [-0.2, 0) is 4.74 Å². The number of ether oxygens (including phenoxy) is 1. The van der Waals surface area contributed by atoms with Crippen molar-refractivity contribution >= 4 is 5.97 Å². The van der Waals surface area contributed by atoms with Gasteiger partial charge in [0.25, 0.3) is 0 Å². The SMILES string of the molecule is Cc1cccc(-c2nn(-c3ccccc3)cc2C(=O)O[C@@H](C)C#N)c1. The lowest BCUT2D eigenvalue weighted by Crippen LogP contribution is -2.13. The van der Waals surface area contributed by atoms with Gasteiger partial charge in [-0.05, 0) is 32.0 Å². The number of nitriles is 1. The van der Waals surface area contributed by atoms with Crippen LogP contribution in [0.2, 0.25) is 0 Å². The number of nitrogens with zero attached hydrogens (tertiary/aromatic N) is 3. The number of para-hydroxylation sites is 1. The number of aryl methyl sites for hydroxylation is 1. The average molecular weight is 331 g/mol. The third kappa shape index (κ3) is 3.59. The smallest absolute Gasteiger partial charge is 0.343 e. The Kier molecular flexibility index (Phi) is 4.62. The van der Waals surface area contributed by atoms with Gasteiger partial charge in [-0.3, -0.25) is 0 Å². The van der Waals surface area contributed by atoms with Crippen molar-refractivity contribution in [1.82, 2.24) is 9.78 Å². The Balaban J connectivity index is 2.10. The van der Waals surface area contributed by atoms with Crippen LogP contribution in [0.15, 0.2) is 60.8 Å². The highest BCUT2D eigenvalue weighted by Gasteiger charge is 2.21. The second-order valence-corrected chi connectivity index (χ2v) is 5.72. The number of carbonyl (C=O) groups excluding carboxylic acids is 1. The molecule has 1 atom stereocenters. The Hall–Kier alpha value is -3.39. The topological polar surface area (TPSA) is 67.9 Å². The van der Waals surface area contributed by atoms with Gasteiger partial charge in [-0.1, -0.05) is 42.0 Å². The highest BCUT2D eigenvalue weighted by molar-refractivity contribution is 5.96. The third-order valence-corrected chi connectivity index (χ3v) is 3.71. The molecule has 25 heavy (non-hydrogen) atoms. The Morgan fingerprint density at radius 1 is 1.20 bits per heavy atom. The lowest BCUT2D eigenvalue weighted by Gasteiger charge is -2.06. The number of hydrogen-bond acceptors (Lipinski definition) is 4. The van der Waals surface area contributed by atoms with Gasteiger partial charge in [0, 0.05) is 11.8 Å². The van der Waals surface area contributed by atoms with Crippen molar-refractivity contribution in [1.29, 1.82) is 5.26 Å². The molecule has 0 saturated heterocycles. The van der Waals surface area contributed by atoms with E-state index in [-0.39, 0.29) is 0 Å². The predicted octanol–water partition coefficient (Wildman–Crippen LogP) is 3.92. The summed E-state index contributed by atoms with van der Waals surface area (Å²) < 4.78 is 6.82. The van der Waals surface area contributed by atoms with E-state index in [1.54, 1.807) is 10.9 Å². The van der Waals surface area contributed by atoms with E-state index in [9.17, 15) is 4.79 Å². The highest BCUT2D eigenvalue weighted by atomic mass is 16.5. The van der Waals surface area contributed by atoms with Gasteiger partial charge >= 0.3 is 5.97 Å². The Bertz CT molecular complexity index is 939. The largest absolute Gasteiger partial charge is 0.444 e. The summed E-state index contributed by atoms with van der Waals surface area (Å²) in [5.74, 6) is -0.562. The number of carbonyl (C=O) groups is 1. The minimum Gasteiger partial charge on any atom is -0.444 e. The van der Waals surface area contributed by atoms with Crippen LogP contribution in [0, 0.1) is 18.3 Å². The molecule has 0 spiro atoms. The van der Waals surface area contributed by atoms with Crippen LogP contribution in [0.3, 0.4) is 0 Å². The first kappa shape index (κ1) is 16.5. The second kappa shape index (κ2) is 7.02. The van der Waals surface area contributed by atoms with Gasteiger partial charge in [0.1, 0.15) is 17.3 Å². The van der Waals surface area contributed by atoms with Crippen LogP contribution in [-0.4, -0.2) is 21.9 Å². The normalized spacial score (nSPS) is 11.6. The summed E-state index contributed by atoms with van der Waals surface area (Å²) in [7, 11) is 0. The molecule has 0 N–H and O–H groups in total. The maximum absolute atomic E-state index is 12.5. The molecule has 0 aliphatic heterocycles. The maximum Gasteiger partial charge on any atom is 0.343 e. The molecule has 0 amide bonds. The monoisotopic (exact) mass is 331 g/mol. The first-order valence-corrected chi connectivity index (χ1v) is 7.91. The van der Waals surface area contributed by atoms with Crippen LogP contribution >= 0.6 is 0 Å². The predicted molar refractivity (Wildman–Crippen MR) is 94.2 cm³/mol. The molecule has 1 heterocycles. The van der Waals surface area contributed by atoms with E-state index < -0.39 is 12.1 Å². The number of hydrogen-bond donors (Lipinski definition) is 0. The summed E-state index contributed by atoms with van der Waals surface area (Å²) >= 11 is 0. The summed E-state index contributed by atoms with van der Waals surface area (Å²) in [5, 5.41) is 13.5. The molecule has 0 fully saturated rings. The van der Waals surface area contributed by atoms with Crippen molar-refractivity contribution in [3.63, 3.8) is 0 Å². The van der Waals surface area contributed by atoms with E-state index in [1.165, 1.54) is 6.92 Å². The van der Waals surface area contributed by atoms with Crippen molar-refractivity contribution in [3.8, 4) is 23.0 Å². The van der Waals surface area contributed by atoms with Crippen LogP contribution in [0.4, 0.5) is 0 Å². The molecule has 0 aliphatic rings. The molecule has 5 heteroatoms. The fourth-order valence-electron chi connectivity index (χ4n) is 2.49. The van der Waals surface area contributed by atoms with Crippen LogP contribution < -0.4 is 0 Å². The van der Waals surface area contributed by atoms with Crippen molar-refractivity contribution in [3.05, 3.63) is 71.9 Å². The zero-order valence-corrected chi connectivity index (χ0v) is 14.0. The van der Waals surface area contributed by atoms with Gasteiger partial charge in [-0.25, -0.2) is 9.48 Å². The van der Waals surface area contributed by atoms with Crippen LogP contribution in [0.5, 0.6) is 0 Å². The Morgan fingerprint density at radius 3 is 2.64 bits per heavy atom. The van der Waals surface area contributed by atoms with Crippen molar-refractivity contribution in [2.24, 2.45) is 0 Å². The van der Waals surface area contributed by atoms with Crippen molar-refractivity contribution < 1.29 is 9.53 Å². The highest BCUT2D eigenvalue weighted by Crippen LogP contribution is 2.25. The summed E-state index contributed by atoms with van der Waals surface area (Å²) in [6.45, 7) is 3.51. The van der Waals surface area contributed by atoms with E-state index in [0.717, 1.165) is 16.8 Å². The Morgan fingerprint density at radius 2 is 1.96 bits per heavy atom. The first-order valence-electron chi connectivity index (χ1n) is 7.91. The average Bonchev–Trinajstić information content (AvgIpc) is 3.08. The molecular formula is C20H17N3O2. The minimum atomic E-state index is -0.821. The molecular weight excluding hydrogens is 314 g/mol. The van der Waals surface area contributed by atoms with Gasteiger partial charge < -0.3 is 4.74 Å². The number of esters is 1. The molecule has 0 unspecified atom stereocenters. The van der Waals surface area contributed by atoms with E-state index in [0.29, 0.717) is 11.3 Å². The number of aromatic nitrogens is 2. The first-order chi connectivity index (χ1) is 12.1. The van der Waals surface area contributed by atoms with Gasteiger partial charge in [0.15, 0.2) is 6.10 Å². The molecule has 0 bridgehead atoms. The molecule has 5 nitrogen and oxygen atoms in total. The van der Waals surface area contributed by atoms with Crippen molar-refractivity contribution in [2.75, 3.05) is 0 Å². The quantitative estimate of drug-likeness (QED) is 0.680. The number of benzene rings is 2. The van der Waals surface area contributed by atoms with Crippen LogP contribution in [0.25, 0.3) is 16.9 Å². The maximum atomic E-state index is 12.5. The summed E-state index contributed by atoms with van der Waals surface area (Å²) in [6, 6.07) is 19.2. The lowest BCUT2D eigenvalue weighted by atomic mass is 10.1. The molecule has 124 valence electrons. The van der Waals surface area contributed by atoms with Crippen molar-refractivity contribution in [2.45, 2.75) is 20.0 Å². The second-order valence-electron chi connectivity index (χ2n) is 5.72. The third-order valence-electron chi connectivity index (χ3n) is 3.71. The molecule has 1 aromatic heterocycles. The molecule has 0 saturated carbocycles. The fraction of sp³-hybridized carbons (Fsp3) is 0.150. The zero-order valence-electron chi connectivity index (χ0n) is 14.0. The summed E-state index contributed by atoms with van der Waals surface area (Å²) in [4.78, 5) is 12.5.